The summed E-state index contributed by atoms with van der Waals surface area (Å²) in [6.45, 7) is 3.18. The van der Waals surface area contributed by atoms with Gasteiger partial charge in [-0.15, -0.1) is 11.3 Å². The van der Waals surface area contributed by atoms with E-state index in [2.05, 4.69) is 4.72 Å². The molecule has 0 amide bonds. The summed E-state index contributed by atoms with van der Waals surface area (Å²) < 4.78 is 25.3. The summed E-state index contributed by atoms with van der Waals surface area (Å²) in [5, 5.41) is 8.93. The summed E-state index contributed by atoms with van der Waals surface area (Å²) in [6, 6.07) is 0. The lowest BCUT2D eigenvalue weighted by Crippen LogP contribution is -2.21. The van der Waals surface area contributed by atoms with Crippen LogP contribution in [0.15, 0.2) is 4.90 Å². The highest BCUT2D eigenvalue weighted by atomic mass is 32.2. The van der Waals surface area contributed by atoms with Crippen molar-refractivity contribution in [2.45, 2.75) is 18.7 Å². The summed E-state index contributed by atoms with van der Waals surface area (Å²) in [7, 11) is -2.45. The molecule has 0 aliphatic heterocycles. The Morgan fingerprint density at radius 3 is 2.27 bits per heavy atom. The van der Waals surface area contributed by atoms with Gasteiger partial charge in [0.1, 0.15) is 4.90 Å². The predicted molar refractivity (Wildman–Crippen MR) is 57.0 cm³/mol. The van der Waals surface area contributed by atoms with E-state index in [9.17, 15) is 13.2 Å². The van der Waals surface area contributed by atoms with Crippen molar-refractivity contribution in [1.82, 2.24) is 4.72 Å². The van der Waals surface area contributed by atoms with Crippen molar-refractivity contribution < 1.29 is 18.3 Å². The van der Waals surface area contributed by atoms with Crippen molar-refractivity contribution in [2.24, 2.45) is 0 Å². The molecule has 0 saturated carbocycles. The number of nitrogens with one attached hydrogen (secondary N) is 1. The average Bonchev–Trinajstić information content (AvgIpc) is 2.41. The Bertz CT molecular complexity index is 501. The fraction of sp³-hybridized carbons (Fsp3) is 0.375. The molecule has 7 heteroatoms. The van der Waals surface area contributed by atoms with E-state index in [4.69, 9.17) is 5.11 Å². The molecule has 5 nitrogen and oxygen atoms in total. The number of hydrogen-bond acceptors (Lipinski definition) is 4. The van der Waals surface area contributed by atoms with E-state index in [1.165, 1.54) is 18.4 Å². The maximum absolute atomic E-state index is 11.6. The molecule has 0 aliphatic rings. The Balaban J connectivity index is 3.61. The molecular weight excluding hydrogens is 238 g/mol. The first-order chi connectivity index (χ1) is 6.81. The van der Waals surface area contributed by atoms with Gasteiger partial charge in [-0.1, -0.05) is 0 Å². The SMILES string of the molecule is CNS(=O)(=O)c1c(C)sc(C)c1C(=O)O. The van der Waals surface area contributed by atoms with Crippen LogP contribution in [0.3, 0.4) is 0 Å². The normalized spacial score (nSPS) is 11.7. The topological polar surface area (TPSA) is 83.5 Å². The van der Waals surface area contributed by atoms with Crippen LogP contribution in [0.2, 0.25) is 0 Å². The number of carboxylic acids is 1. The van der Waals surface area contributed by atoms with Gasteiger partial charge < -0.3 is 5.11 Å². The van der Waals surface area contributed by atoms with Crippen molar-refractivity contribution in [3.63, 3.8) is 0 Å². The Morgan fingerprint density at radius 1 is 1.33 bits per heavy atom. The summed E-state index contributed by atoms with van der Waals surface area (Å²) in [5.74, 6) is -1.22. The smallest absolute Gasteiger partial charge is 0.338 e. The number of aromatic carboxylic acids is 1. The molecule has 1 rings (SSSR count). The lowest BCUT2D eigenvalue weighted by atomic mass is 10.2. The van der Waals surface area contributed by atoms with Crippen molar-refractivity contribution in [2.75, 3.05) is 7.05 Å². The molecular formula is C8H11NO4S2. The van der Waals surface area contributed by atoms with E-state index in [1.54, 1.807) is 13.8 Å². The molecule has 0 bridgehead atoms. The van der Waals surface area contributed by atoms with Crippen LogP contribution in [-0.4, -0.2) is 26.5 Å². The first-order valence-corrected chi connectivity index (χ1v) is 6.38. The molecule has 15 heavy (non-hydrogen) atoms. The van der Waals surface area contributed by atoms with Gasteiger partial charge in [0, 0.05) is 9.75 Å². The average molecular weight is 249 g/mol. The summed E-state index contributed by atoms with van der Waals surface area (Å²) in [5.41, 5.74) is -0.133. The second kappa shape index (κ2) is 3.92. The second-order valence-electron chi connectivity index (χ2n) is 2.93. The van der Waals surface area contributed by atoms with E-state index in [0.29, 0.717) is 9.75 Å². The number of aryl methyl sites for hydroxylation is 2. The first kappa shape index (κ1) is 12.2. The molecule has 0 aliphatic carbocycles. The van der Waals surface area contributed by atoms with E-state index in [1.807, 2.05) is 0 Å². The maximum atomic E-state index is 11.6. The van der Waals surface area contributed by atoms with Crippen LogP contribution in [-0.2, 0) is 10.0 Å². The number of sulfonamides is 1. The minimum absolute atomic E-state index is 0.125. The zero-order valence-electron chi connectivity index (χ0n) is 8.49. The fourth-order valence-electron chi connectivity index (χ4n) is 1.34. The molecule has 2 N–H and O–H groups in total. The standard InChI is InChI=1S/C8H11NO4S2/c1-4-6(8(10)11)7(5(2)14-4)15(12,13)9-3/h9H,1-3H3,(H,10,11). The van der Waals surface area contributed by atoms with Crippen LogP contribution in [0.4, 0.5) is 0 Å². The van der Waals surface area contributed by atoms with Crippen molar-refractivity contribution in [3.8, 4) is 0 Å². The van der Waals surface area contributed by atoms with Gasteiger partial charge in [-0.3, -0.25) is 0 Å². The number of carboxylic acid groups (broad SMARTS) is 1. The van der Waals surface area contributed by atoms with Gasteiger partial charge in [-0.2, -0.15) is 0 Å². The largest absolute Gasteiger partial charge is 0.478 e. The quantitative estimate of drug-likeness (QED) is 0.836. The first-order valence-electron chi connectivity index (χ1n) is 4.08. The maximum Gasteiger partial charge on any atom is 0.338 e. The van der Waals surface area contributed by atoms with E-state index < -0.39 is 16.0 Å². The molecule has 0 radical (unpaired) electrons. The third-order valence-electron chi connectivity index (χ3n) is 1.96. The minimum atomic E-state index is -3.70. The lowest BCUT2D eigenvalue weighted by Gasteiger charge is -2.03. The minimum Gasteiger partial charge on any atom is -0.478 e. The predicted octanol–water partition coefficient (Wildman–Crippen LogP) is 0.971. The second-order valence-corrected chi connectivity index (χ2v) is 6.18. The number of hydrogen-bond donors (Lipinski definition) is 2. The van der Waals surface area contributed by atoms with Crippen molar-refractivity contribution in [1.29, 1.82) is 0 Å². The van der Waals surface area contributed by atoms with Crippen molar-refractivity contribution in [3.05, 3.63) is 15.3 Å². The summed E-state index contributed by atoms with van der Waals surface area (Å²) in [6.07, 6.45) is 0. The zero-order valence-corrected chi connectivity index (χ0v) is 10.1. The van der Waals surface area contributed by atoms with Gasteiger partial charge in [-0.05, 0) is 20.9 Å². The van der Waals surface area contributed by atoms with Crippen LogP contribution >= 0.6 is 11.3 Å². The number of carbonyl (C=O) groups is 1. The molecule has 0 aromatic carbocycles. The van der Waals surface area contributed by atoms with Gasteiger partial charge in [-0.25, -0.2) is 17.9 Å². The molecule has 84 valence electrons. The van der Waals surface area contributed by atoms with Gasteiger partial charge in [0.05, 0.1) is 5.56 Å². The lowest BCUT2D eigenvalue weighted by molar-refractivity contribution is 0.0692. The molecule has 0 atom stereocenters. The highest BCUT2D eigenvalue weighted by Crippen LogP contribution is 2.30. The summed E-state index contributed by atoms with van der Waals surface area (Å²) in [4.78, 5) is 11.8. The van der Waals surface area contributed by atoms with Crippen LogP contribution in [0.1, 0.15) is 20.1 Å². The monoisotopic (exact) mass is 249 g/mol. The molecule has 0 unspecified atom stereocenters. The van der Waals surface area contributed by atoms with E-state index >= 15 is 0 Å². The number of rotatable bonds is 3. The molecule has 1 aromatic heterocycles. The van der Waals surface area contributed by atoms with Crippen LogP contribution in [0.25, 0.3) is 0 Å². The molecule has 0 saturated heterocycles. The number of thiophene rings is 1. The van der Waals surface area contributed by atoms with Gasteiger partial charge in [0.15, 0.2) is 0 Å². The third-order valence-corrected chi connectivity index (χ3v) is 4.69. The highest BCUT2D eigenvalue weighted by Gasteiger charge is 2.27. The Morgan fingerprint density at radius 2 is 1.87 bits per heavy atom. The van der Waals surface area contributed by atoms with Gasteiger partial charge in [0.25, 0.3) is 0 Å². The Kier molecular flexibility index (Phi) is 3.17. The van der Waals surface area contributed by atoms with E-state index in [0.717, 1.165) is 0 Å². The molecule has 0 fully saturated rings. The van der Waals surface area contributed by atoms with Crippen molar-refractivity contribution >= 4 is 27.3 Å². The summed E-state index contributed by atoms with van der Waals surface area (Å²) >= 11 is 1.17. The highest BCUT2D eigenvalue weighted by molar-refractivity contribution is 7.89. The zero-order chi connectivity index (χ0) is 11.8. The van der Waals surface area contributed by atoms with Crippen LogP contribution < -0.4 is 4.72 Å². The van der Waals surface area contributed by atoms with Gasteiger partial charge in [0.2, 0.25) is 10.0 Å². The molecule has 1 aromatic rings. The Labute approximate surface area is 91.8 Å². The molecule has 1 heterocycles. The Hall–Kier alpha value is -0.920. The van der Waals surface area contributed by atoms with E-state index in [-0.39, 0.29) is 10.5 Å². The molecule has 0 spiro atoms. The van der Waals surface area contributed by atoms with Crippen LogP contribution in [0, 0.1) is 13.8 Å². The fourth-order valence-corrected chi connectivity index (χ4v) is 3.89. The van der Waals surface area contributed by atoms with Crippen LogP contribution in [0.5, 0.6) is 0 Å². The third kappa shape index (κ3) is 2.04. The van der Waals surface area contributed by atoms with Gasteiger partial charge >= 0.3 is 5.97 Å².